The van der Waals surface area contributed by atoms with Crippen molar-refractivity contribution in [2.24, 2.45) is 0 Å². The molecule has 10 heavy (non-hydrogen) atoms. The van der Waals surface area contributed by atoms with Gasteiger partial charge in [-0.1, -0.05) is 0 Å². The summed E-state index contributed by atoms with van der Waals surface area (Å²) in [5, 5.41) is 35.1. The Morgan fingerprint density at radius 3 is 2.40 bits per heavy atom. The van der Waals surface area contributed by atoms with Crippen LogP contribution < -0.4 is 0 Å². The fourth-order valence-electron chi connectivity index (χ4n) is 0.711. The van der Waals surface area contributed by atoms with Crippen LogP contribution in [0.1, 0.15) is 0 Å². The Kier molecular flexibility index (Phi) is 2.22. The summed E-state index contributed by atoms with van der Waals surface area (Å²) in [4.78, 5) is 0. The van der Waals surface area contributed by atoms with Crippen LogP contribution in [-0.2, 0) is 4.74 Å². The monoisotopic (exact) mass is 149 g/mol. The third kappa shape index (κ3) is 1.28. The number of rotatable bonds is 0. The van der Waals surface area contributed by atoms with E-state index in [0.29, 0.717) is 0 Å². The number of hydrogen-bond acceptors (Lipinski definition) is 5. The second kappa shape index (κ2) is 2.81. The molecule has 1 aliphatic heterocycles. The summed E-state index contributed by atoms with van der Waals surface area (Å²) < 4.78 is 4.38. The van der Waals surface area contributed by atoms with E-state index in [1.54, 1.807) is 0 Å². The van der Waals surface area contributed by atoms with Crippen molar-refractivity contribution < 1.29 is 25.2 Å². The molecule has 5 heteroatoms. The van der Waals surface area contributed by atoms with Gasteiger partial charge in [0.1, 0.15) is 18.3 Å². The van der Waals surface area contributed by atoms with Crippen LogP contribution in [-0.4, -0.2) is 45.3 Å². The van der Waals surface area contributed by atoms with E-state index >= 15 is 0 Å². The second-order valence-corrected chi connectivity index (χ2v) is 2.15. The first-order valence-corrected chi connectivity index (χ1v) is 2.85. The minimum atomic E-state index is -1.50. The van der Waals surface area contributed by atoms with Crippen LogP contribution in [0.3, 0.4) is 0 Å². The lowest BCUT2D eigenvalue weighted by Crippen LogP contribution is -2.49. The van der Waals surface area contributed by atoms with Gasteiger partial charge in [-0.25, -0.2) is 0 Å². The summed E-state index contributed by atoms with van der Waals surface area (Å²) in [6.45, 7) is -0.190. The normalized spacial score (nSPS) is 43.8. The number of aliphatic hydroxyl groups is 4. The van der Waals surface area contributed by atoms with Gasteiger partial charge in [0.15, 0.2) is 0 Å². The average molecular weight is 149 g/mol. The van der Waals surface area contributed by atoms with Gasteiger partial charge in [0.25, 0.3) is 6.29 Å². The SMILES string of the molecule is O[C]1OC[C@@H](O)[C@H](O)[C@H]1O. The standard InChI is InChI=1S/C5H9O5/c6-2-1-10-5(9)4(8)3(2)7/h2-4,6-9H,1H2/t2-,3+,4-/m1/s1. The molecule has 0 aromatic carbocycles. The Balaban J connectivity index is 2.52. The molecule has 0 aliphatic carbocycles. The van der Waals surface area contributed by atoms with Crippen molar-refractivity contribution in [1.29, 1.82) is 0 Å². The predicted octanol–water partition coefficient (Wildman–Crippen LogP) is -2.04. The fraction of sp³-hybridized carbons (Fsp3) is 0.800. The molecule has 1 radical (unpaired) electrons. The number of aliphatic hydroxyl groups excluding tert-OH is 4. The van der Waals surface area contributed by atoms with Crippen molar-refractivity contribution in [2.45, 2.75) is 18.3 Å². The highest BCUT2D eigenvalue weighted by atomic mass is 16.6. The largest absolute Gasteiger partial charge is 0.388 e. The first-order valence-electron chi connectivity index (χ1n) is 2.85. The van der Waals surface area contributed by atoms with Crippen LogP contribution in [0.4, 0.5) is 0 Å². The van der Waals surface area contributed by atoms with Crippen LogP contribution >= 0.6 is 0 Å². The minimum absolute atomic E-state index is 0.190. The molecule has 0 spiro atoms. The van der Waals surface area contributed by atoms with E-state index < -0.39 is 24.6 Å². The summed E-state index contributed by atoms with van der Waals surface area (Å²) in [7, 11) is 0. The zero-order valence-electron chi connectivity index (χ0n) is 5.14. The molecule has 0 bridgehead atoms. The molecule has 1 aliphatic rings. The number of ether oxygens (including phenoxy) is 1. The molecule has 0 amide bonds. The van der Waals surface area contributed by atoms with Crippen LogP contribution in [0.25, 0.3) is 0 Å². The first kappa shape index (κ1) is 7.90. The van der Waals surface area contributed by atoms with E-state index in [1.807, 2.05) is 0 Å². The van der Waals surface area contributed by atoms with Gasteiger partial charge in [0, 0.05) is 0 Å². The second-order valence-electron chi connectivity index (χ2n) is 2.15. The van der Waals surface area contributed by atoms with E-state index in [1.165, 1.54) is 0 Å². The van der Waals surface area contributed by atoms with Gasteiger partial charge in [0.05, 0.1) is 6.61 Å². The van der Waals surface area contributed by atoms with E-state index in [-0.39, 0.29) is 6.61 Å². The van der Waals surface area contributed by atoms with Crippen molar-refractivity contribution in [1.82, 2.24) is 0 Å². The van der Waals surface area contributed by atoms with Gasteiger partial charge < -0.3 is 25.2 Å². The molecule has 1 fully saturated rings. The van der Waals surface area contributed by atoms with Crippen molar-refractivity contribution in [3.05, 3.63) is 6.29 Å². The van der Waals surface area contributed by atoms with Crippen LogP contribution in [0, 0.1) is 6.29 Å². The zero-order valence-corrected chi connectivity index (χ0v) is 5.14. The third-order valence-corrected chi connectivity index (χ3v) is 1.37. The maximum atomic E-state index is 8.86. The lowest BCUT2D eigenvalue weighted by Gasteiger charge is -2.30. The van der Waals surface area contributed by atoms with Gasteiger partial charge in [-0.15, -0.1) is 0 Å². The topological polar surface area (TPSA) is 90.2 Å². The Labute approximate surface area is 57.5 Å². The summed E-state index contributed by atoms with van der Waals surface area (Å²) in [5.41, 5.74) is 0. The van der Waals surface area contributed by atoms with E-state index in [9.17, 15) is 0 Å². The smallest absolute Gasteiger partial charge is 0.253 e. The summed E-state index contributed by atoms with van der Waals surface area (Å²) >= 11 is 0. The summed E-state index contributed by atoms with van der Waals surface area (Å²) in [6.07, 6.45) is -4.62. The van der Waals surface area contributed by atoms with Crippen molar-refractivity contribution in [3.8, 4) is 0 Å². The molecule has 0 saturated carbocycles. The molecule has 5 nitrogen and oxygen atoms in total. The fourth-order valence-corrected chi connectivity index (χ4v) is 0.711. The molecular weight excluding hydrogens is 140 g/mol. The lowest BCUT2D eigenvalue weighted by atomic mass is 10.1. The number of hydrogen-bond donors (Lipinski definition) is 4. The highest BCUT2D eigenvalue weighted by Crippen LogP contribution is 2.17. The van der Waals surface area contributed by atoms with Gasteiger partial charge in [-0.2, -0.15) is 0 Å². The summed E-state index contributed by atoms with van der Waals surface area (Å²) in [6, 6.07) is 0. The van der Waals surface area contributed by atoms with Crippen molar-refractivity contribution in [2.75, 3.05) is 6.61 Å². The quantitative estimate of drug-likeness (QED) is 0.318. The Hall–Kier alpha value is -0.200. The van der Waals surface area contributed by atoms with Gasteiger partial charge in [0.2, 0.25) is 0 Å². The highest BCUT2D eigenvalue weighted by Gasteiger charge is 2.37. The molecule has 1 saturated heterocycles. The lowest BCUT2D eigenvalue weighted by molar-refractivity contribution is -0.191. The molecule has 59 valence electrons. The molecular formula is C5H9O5. The zero-order chi connectivity index (χ0) is 7.72. The molecule has 0 unspecified atom stereocenters. The average Bonchev–Trinajstić information content (AvgIpc) is 1.93. The van der Waals surface area contributed by atoms with Crippen LogP contribution in [0.5, 0.6) is 0 Å². The van der Waals surface area contributed by atoms with E-state index in [4.69, 9.17) is 20.4 Å². The van der Waals surface area contributed by atoms with Crippen LogP contribution in [0.2, 0.25) is 0 Å². The predicted molar refractivity (Wildman–Crippen MR) is 29.2 cm³/mol. The molecule has 0 aromatic heterocycles. The van der Waals surface area contributed by atoms with Crippen molar-refractivity contribution >= 4 is 0 Å². The van der Waals surface area contributed by atoms with E-state index in [0.717, 1.165) is 0 Å². The Morgan fingerprint density at radius 2 is 1.90 bits per heavy atom. The Bertz CT molecular complexity index is 103. The van der Waals surface area contributed by atoms with Gasteiger partial charge in [-0.3, -0.25) is 0 Å². The molecule has 1 heterocycles. The van der Waals surface area contributed by atoms with E-state index in [2.05, 4.69) is 4.74 Å². The van der Waals surface area contributed by atoms with Crippen LogP contribution in [0.15, 0.2) is 0 Å². The minimum Gasteiger partial charge on any atom is -0.388 e. The van der Waals surface area contributed by atoms with Gasteiger partial charge >= 0.3 is 0 Å². The summed E-state index contributed by atoms with van der Waals surface area (Å²) in [5.74, 6) is 0. The maximum Gasteiger partial charge on any atom is 0.253 e. The maximum absolute atomic E-state index is 8.86. The Morgan fingerprint density at radius 1 is 1.30 bits per heavy atom. The molecule has 0 aromatic rings. The molecule has 4 N–H and O–H groups in total. The van der Waals surface area contributed by atoms with Crippen molar-refractivity contribution in [3.63, 3.8) is 0 Å². The highest BCUT2D eigenvalue weighted by molar-refractivity contribution is 4.90. The molecule has 1 rings (SSSR count). The first-order chi connectivity index (χ1) is 4.63. The molecule has 3 atom stereocenters. The van der Waals surface area contributed by atoms with Gasteiger partial charge in [-0.05, 0) is 0 Å². The third-order valence-electron chi connectivity index (χ3n) is 1.37.